The minimum atomic E-state index is 0.561. The Morgan fingerprint density at radius 2 is 1.96 bits per heavy atom. The number of nitrogens with zero attached hydrogens (tertiary/aromatic N) is 3. The third-order valence-electron chi connectivity index (χ3n) is 5.14. The number of nitrogens with one attached hydrogen (secondary N) is 2. The van der Waals surface area contributed by atoms with Crippen molar-refractivity contribution in [1.29, 1.82) is 0 Å². The van der Waals surface area contributed by atoms with Crippen LogP contribution >= 0.6 is 0 Å². The van der Waals surface area contributed by atoms with Crippen LogP contribution in [0.4, 0.5) is 0 Å². The summed E-state index contributed by atoms with van der Waals surface area (Å²) in [7, 11) is 1.80. The summed E-state index contributed by atoms with van der Waals surface area (Å²) in [5.41, 5.74) is 3.08. The molecule has 1 aromatic heterocycles. The lowest BCUT2D eigenvalue weighted by Gasteiger charge is -2.27. The van der Waals surface area contributed by atoms with Crippen LogP contribution in [0.25, 0.3) is 11.5 Å². The van der Waals surface area contributed by atoms with Crippen LogP contribution in [0.2, 0.25) is 0 Å². The average Bonchev–Trinajstić information content (AvgIpc) is 3.37. The molecule has 2 aromatic rings. The Hall–Kier alpha value is -2.34. The van der Waals surface area contributed by atoms with Gasteiger partial charge in [0.15, 0.2) is 5.96 Å². The molecule has 27 heavy (non-hydrogen) atoms. The zero-order chi connectivity index (χ0) is 19.1. The van der Waals surface area contributed by atoms with Gasteiger partial charge in [-0.15, -0.1) is 0 Å². The van der Waals surface area contributed by atoms with Crippen LogP contribution in [-0.2, 0) is 6.54 Å². The molecule has 1 unspecified atom stereocenters. The molecule has 6 nitrogen and oxygen atoms in total. The molecule has 0 bridgehead atoms. The largest absolute Gasteiger partial charge is 0.444 e. The Kier molecular flexibility index (Phi) is 6.87. The molecule has 0 saturated carbocycles. The van der Waals surface area contributed by atoms with Crippen molar-refractivity contribution in [2.75, 3.05) is 26.7 Å². The maximum Gasteiger partial charge on any atom is 0.226 e. The quantitative estimate of drug-likeness (QED) is 0.580. The predicted molar refractivity (Wildman–Crippen MR) is 110 cm³/mol. The summed E-state index contributed by atoms with van der Waals surface area (Å²) in [5.74, 6) is 1.45. The fourth-order valence-electron chi connectivity index (χ4n) is 3.46. The van der Waals surface area contributed by atoms with Crippen molar-refractivity contribution in [3.05, 3.63) is 41.8 Å². The van der Waals surface area contributed by atoms with E-state index < -0.39 is 0 Å². The summed E-state index contributed by atoms with van der Waals surface area (Å²) in [6, 6.07) is 8.75. The Bertz CT molecular complexity index is 731. The van der Waals surface area contributed by atoms with Gasteiger partial charge in [-0.1, -0.05) is 24.6 Å². The van der Waals surface area contributed by atoms with Gasteiger partial charge in [-0.05, 0) is 51.4 Å². The van der Waals surface area contributed by atoms with Crippen molar-refractivity contribution in [2.24, 2.45) is 4.99 Å². The number of guanidine groups is 1. The Labute approximate surface area is 162 Å². The number of oxazole rings is 1. The molecule has 2 N–H and O–H groups in total. The van der Waals surface area contributed by atoms with Gasteiger partial charge in [0, 0.05) is 25.2 Å². The summed E-state index contributed by atoms with van der Waals surface area (Å²) >= 11 is 0. The second kappa shape index (κ2) is 9.55. The van der Waals surface area contributed by atoms with Crippen LogP contribution in [0, 0.1) is 6.92 Å². The third-order valence-corrected chi connectivity index (χ3v) is 5.14. The van der Waals surface area contributed by atoms with E-state index in [4.69, 9.17) is 4.42 Å². The molecule has 0 radical (unpaired) electrons. The summed E-state index contributed by atoms with van der Waals surface area (Å²) in [4.78, 5) is 11.5. The van der Waals surface area contributed by atoms with E-state index in [9.17, 15) is 0 Å². The summed E-state index contributed by atoms with van der Waals surface area (Å²) < 4.78 is 5.62. The van der Waals surface area contributed by atoms with E-state index in [0.29, 0.717) is 18.5 Å². The molecule has 146 valence electrons. The molecule has 0 amide bonds. The molecule has 1 aliphatic heterocycles. The molecule has 1 saturated heterocycles. The summed E-state index contributed by atoms with van der Waals surface area (Å²) in [6.07, 6.45) is 5.49. The lowest BCUT2D eigenvalue weighted by molar-refractivity contribution is 0.236. The number of benzene rings is 1. The topological polar surface area (TPSA) is 65.7 Å². The minimum absolute atomic E-state index is 0.561. The number of hydrogen-bond acceptors (Lipinski definition) is 4. The number of aliphatic imine (C=N–C) groups is 1. The van der Waals surface area contributed by atoms with E-state index in [1.54, 1.807) is 13.3 Å². The minimum Gasteiger partial charge on any atom is -0.444 e. The van der Waals surface area contributed by atoms with E-state index in [1.165, 1.54) is 31.5 Å². The number of hydrogen-bond donors (Lipinski definition) is 2. The summed E-state index contributed by atoms with van der Waals surface area (Å²) in [6.45, 7) is 8.24. The molecule has 1 aliphatic rings. The Balaban J connectivity index is 1.50. The fraction of sp³-hybridized carbons (Fsp3) is 0.524. The summed E-state index contributed by atoms with van der Waals surface area (Å²) in [5, 5.41) is 6.78. The first-order valence-corrected chi connectivity index (χ1v) is 9.89. The molecule has 6 heteroatoms. The SMILES string of the molecule is CCC(CNC(=NC)NCc1coc(-c2ccc(C)cc2)n1)N1CCCC1. The Morgan fingerprint density at radius 1 is 1.22 bits per heavy atom. The molecule has 0 spiro atoms. The Morgan fingerprint density at radius 3 is 2.63 bits per heavy atom. The monoisotopic (exact) mass is 369 g/mol. The van der Waals surface area contributed by atoms with Gasteiger partial charge in [0.1, 0.15) is 6.26 Å². The standard InChI is InChI=1S/C21H31N5O/c1-4-19(26-11-5-6-12-26)14-24-21(22-3)23-13-18-15-27-20(25-18)17-9-7-16(2)8-10-17/h7-10,15,19H,4-6,11-14H2,1-3H3,(H2,22,23,24). The second-order valence-corrected chi connectivity index (χ2v) is 7.12. The zero-order valence-electron chi connectivity index (χ0n) is 16.7. The van der Waals surface area contributed by atoms with Crippen molar-refractivity contribution in [3.63, 3.8) is 0 Å². The highest BCUT2D eigenvalue weighted by Crippen LogP contribution is 2.19. The molecule has 1 aromatic carbocycles. The third kappa shape index (κ3) is 5.32. The van der Waals surface area contributed by atoms with Crippen molar-refractivity contribution in [2.45, 2.75) is 45.7 Å². The zero-order valence-corrected chi connectivity index (χ0v) is 16.7. The average molecular weight is 370 g/mol. The van der Waals surface area contributed by atoms with Crippen LogP contribution in [-0.4, -0.2) is 48.6 Å². The van der Waals surface area contributed by atoms with Gasteiger partial charge in [-0.25, -0.2) is 4.98 Å². The number of likely N-dealkylation sites (tertiary alicyclic amines) is 1. The molecular formula is C21H31N5O. The highest BCUT2D eigenvalue weighted by Gasteiger charge is 2.20. The van der Waals surface area contributed by atoms with Gasteiger partial charge in [0.25, 0.3) is 0 Å². The van der Waals surface area contributed by atoms with Crippen molar-refractivity contribution in [1.82, 2.24) is 20.5 Å². The maximum absolute atomic E-state index is 5.62. The van der Waals surface area contributed by atoms with Gasteiger partial charge in [-0.3, -0.25) is 9.89 Å². The first-order valence-electron chi connectivity index (χ1n) is 9.89. The second-order valence-electron chi connectivity index (χ2n) is 7.12. The molecule has 3 rings (SSSR count). The van der Waals surface area contributed by atoms with E-state index >= 15 is 0 Å². The first kappa shape index (κ1) is 19.4. The molecule has 0 aliphatic carbocycles. The van der Waals surface area contributed by atoms with E-state index in [2.05, 4.69) is 51.5 Å². The predicted octanol–water partition coefficient (Wildman–Crippen LogP) is 3.19. The van der Waals surface area contributed by atoms with Gasteiger partial charge < -0.3 is 15.1 Å². The van der Waals surface area contributed by atoms with E-state index in [1.807, 2.05) is 12.1 Å². The van der Waals surface area contributed by atoms with Crippen molar-refractivity contribution >= 4 is 5.96 Å². The normalized spacial score (nSPS) is 16.5. The van der Waals surface area contributed by atoms with Crippen LogP contribution in [0.3, 0.4) is 0 Å². The number of rotatable bonds is 7. The number of aryl methyl sites for hydroxylation is 1. The lowest BCUT2D eigenvalue weighted by atomic mass is 10.1. The fourth-order valence-corrected chi connectivity index (χ4v) is 3.46. The van der Waals surface area contributed by atoms with Crippen molar-refractivity contribution < 1.29 is 4.42 Å². The van der Waals surface area contributed by atoms with Gasteiger partial charge in [0.05, 0.1) is 12.2 Å². The highest BCUT2D eigenvalue weighted by atomic mass is 16.3. The molecule has 1 atom stereocenters. The van der Waals surface area contributed by atoms with Gasteiger partial charge in [-0.2, -0.15) is 0 Å². The van der Waals surface area contributed by atoms with Crippen LogP contribution in [0.1, 0.15) is 37.4 Å². The number of aromatic nitrogens is 1. The van der Waals surface area contributed by atoms with E-state index in [0.717, 1.165) is 30.2 Å². The smallest absolute Gasteiger partial charge is 0.226 e. The lowest BCUT2D eigenvalue weighted by Crippen LogP contribution is -2.46. The van der Waals surface area contributed by atoms with E-state index in [-0.39, 0.29) is 0 Å². The van der Waals surface area contributed by atoms with Crippen LogP contribution < -0.4 is 10.6 Å². The maximum atomic E-state index is 5.62. The van der Waals surface area contributed by atoms with Crippen molar-refractivity contribution in [3.8, 4) is 11.5 Å². The van der Waals surface area contributed by atoms with Crippen LogP contribution in [0.5, 0.6) is 0 Å². The molecule has 2 heterocycles. The van der Waals surface area contributed by atoms with Gasteiger partial charge in [0.2, 0.25) is 5.89 Å². The van der Waals surface area contributed by atoms with Gasteiger partial charge >= 0.3 is 0 Å². The van der Waals surface area contributed by atoms with Crippen LogP contribution in [0.15, 0.2) is 39.9 Å². The molecule has 1 fully saturated rings. The molecular weight excluding hydrogens is 338 g/mol. The first-order chi connectivity index (χ1) is 13.2. The highest BCUT2D eigenvalue weighted by molar-refractivity contribution is 5.79.